The minimum absolute atomic E-state index is 0.900. The molecule has 0 unspecified atom stereocenters. The van der Waals surface area contributed by atoms with Gasteiger partial charge in [-0.1, -0.05) is 170 Å². The van der Waals surface area contributed by atoms with E-state index in [9.17, 15) is 0 Å². The SMILES string of the molecule is c1ccc(-c2ccc(-c3cc(-c4ccccc4)cc(-n4c5ccc6ccccc6c5c5cccc(-c6cccc7c6oc6ccccc67)c54)c3)cc2)cc1. The van der Waals surface area contributed by atoms with Crippen LogP contribution in [0.3, 0.4) is 0 Å². The Morgan fingerprint density at radius 3 is 1.65 bits per heavy atom. The Hall–Kier alpha value is -7.16. The van der Waals surface area contributed by atoms with Gasteiger partial charge < -0.3 is 8.98 Å². The second kappa shape index (κ2) is 12.2. The molecule has 0 bridgehead atoms. The predicted molar refractivity (Wildman–Crippen MR) is 227 cm³/mol. The van der Waals surface area contributed by atoms with E-state index >= 15 is 0 Å². The van der Waals surface area contributed by atoms with Crippen molar-refractivity contribution in [1.29, 1.82) is 0 Å². The molecule has 0 fully saturated rings. The smallest absolute Gasteiger partial charge is 0.143 e. The molecule has 2 aromatic heterocycles. The molecule has 9 aromatic carbocycles. The molecular weight excluding hydrogens is 655 g/mol. The number of fused-ring (bicyclic) bond motifs is 8. The van der Waals surface area contributed by atoms with Gasteiger partial charge in [-0.05, 0) is 74.5 Å². The van der Waals surface area contributed by atoms with Crippen LogP contribution in [0.25, 0.3) is 105 Å². The Balaban J connectivity index is 1.23. The molecule has 0 N–H and O–H groups in total. The third kappa shape index (κ3) is 4.81. The van der Waals surface area contributed by atoms with Crippen LogP contribution < -0.4 is 0 Å². The van der Waals surface area contributed by atoms with Gasteiger partial charge in [-0.15, -0.1) is 0 Å². The number of aromatic nitrogens is 1. The van der Waals surface area contributed by atoms with E-state index in [0.717, 1.165) is 44.3 Å². The lowest BCUT2D eigenvalue weighted by Crippen LogP contribution is -1.97. The molecular formula is C52H33NO. The van der Waals surface area contributed by atoms with Crippen molar-refractivity contribution >= 4 is 54.5 Å². The summed E-state index contributed by atoms with van der Waals surface area (Å²) in [4.78, 5) is 0. The summed E-state index contributed by atoms with van der Waals surface area (Å²) in [5.74, 6) is 0. The Bertz CT molecular complexity index is 3190. The molecule has 54 heavy (non-hydrogen) atoms. The standard InChI is InChI=1S/C52H33NO/c1-3-13-34(14-4-1)36-25-27-37(28-26-36)40-31-39(35-15-5-2-6-16-35)32-41(33-40)53-48-30-29-38-17-7-8-18-42(38)50(48)47-23-11-20-44(51(47)53)46-22-12-21-45-43-19-9-10-24-49(43)54-52(45)46/h1-33H. The van der Waals surface area contributed by atoms with Crippen molar-refractivity contribution in [2.75, 3.05) is 0 Å². The lowest BCUT2D eigenvalue weighted by atomic mass is 9.96. The number of benzene rings is 9. The molecule has 2 heterocycles. The summed E-state index contributed by atoms with van der Waals surface area (Å²) >= 11 is 0. The van der Waals surface area contributed by atoms with Gasteiger partial charge in [0.15, 0.2) is 0 Å². The van der Waals surface area contributed by atoms with E-state index < -0.39 is 0 Å². The van der Waals surface area contributed by atoms with Crippen molar-refractivity contribution in [3.8, 4) is 50.2 Å². The first-order chi connectivity index (χ1) is 26.8. The van der Waals surface area contributed by atoms with Crippen LogP contribution in [0.1, 0.15) is 0 Å². The number of nitrogens with zero attached hydrogens (tertiary/aromatic N) is 1. The minimum atomic E-state index is 0.900. The fourth-order valence-corrected chi connectivity index (χ4v) is 8.47. The summed E-state index contributed by atoms with van der Waals surface area (Å²) in [7, 11) is 0. The van der Waals surface area contributed by atoms with Gasteiger partial charge in [0.25, 0.3) is 0 Å². The van der Waals surface area contributed by atoms with Gasteiger partial charge in [-0.2, -0.15) is 0 Å². The zero-order chi connectivity index (χ0) is 35.6. The van der Waals surface area contributed by atoms with E-state index in [-0.39, 0.29) is 0 Å². The third-order valence-electron chi connectivity index (χ3n) is 11.0. The molecule has 0 aliphatic heterocycles. The van der Waals surface area contributed by atoms with Crippen LogP contribution in [-0.2, 0) is 0 Å². The lowest BCUT2D eigenvalue weighted by Gasteiger charge is -2.16. The summed E-state index contributed by atoms with van der Waals surface area (Å²) < 4.78 is 9.15. The lowest BCUT2D eigenvalue weighted by molar-refractivity contribution is 0.670. The minimum Gasteiger partial charge on any atom is -0.455 e. The topological polar surface area (TPSA) is 18.1 Å². The van der Waals surface area contributed by atoms with Crippen molar-refractivity contribution < 1.29 is 4.42 Å². The van der Waals surface area contributed by atoms with Gasteiger partial charge in [0.1, 0.15) is 11.2 Å². The van der Waals surface area contributed by atoms with Crippen LogP contribution in [0.5, 0.6) is 0 Å². The van der Waals surface area contributed by atoms with E-state index in [1.807, 2.05) is 6.07 Å². The normalized spacial score (nSPS) is 11.7. The molecule has 0 amide bonds. The highest BCUT2D eigenvalue weighted by Crippen LogP contribution is 2.45. The van der Waals surface area contributed by atoms with Gasteiger partial charge in [0.05, 0.1) is 11.0 Å². The first-order valence-electron chi connectivity index (χ1n) is 18.5. The largest absolute Gasteiger partial charge is 0.455 e. The highest BCUT2D eigenvalue weighted by Gasteiger charge is 2.22. The molecule has 11 aromatic rings. The first kappa shape index (κ1) is 30.5. The molecule has 0 aliphatic carbocycles. The van der Waals surface area contributed by atoms with E-state index in [2.05, 4.69) is 199 Å². The molecule has 252 valence electrons. The summed E-state index contributed by atoms with van der Waals surface area (Å²) in [6.45, 7) is 0. The molecule has 2 heteroatoms. The molecule has 2 nitrogen and oxygen atoms in total. The quantitative estimate of drug-likeness (QED) is 0.176. The van der Waals surface area contributed by atoms with E-state index in [1.165, 1.54) is 60.4 Å². The van der Waals surface area contributed by atoms with Gasteiger partial charge in [0, 0.05) is 38.4 Å². The van der Waals surface area contributed by atoms with E-state index in [0.29, 0.717) is 0 Å². The molecule has 0 saturated heterocycles. The average Bonchev–Trinajstić information content (AvgIpc) is 3.81. The average molecular weight is 688 g/mol. The third-order valence-corrected chi connectivity index (χ3v) is 11.0. The fraction of sp³-hybridized carbons (Fsp3) is 0. The molecule has 0 aliphatic rings. The second-order valence-corrected chi connectivity index (χ2v) is 14.1. The first-order valence-corrected chi connectivity index (χ1v) is 18.5. The number of hydrogen-bond donors (Lipinski definition) is 0. The Morgan fingerprint density at radius 2 is 0.907 bits per heavy atom. The van der Waals surface area contributed by atoms with Crippen LogP contribution in [-0.4, -0.2) is 4.57 Å². The zero-order valence-corrected chi connectivity index (χ0v) is 29.4. The number of para-hydroxylation sites is 3. The van der Waals surface area contributed by atoms with Crippen LogP contribution in [0.2, 0.25) is 0 Å². The Labute approximate surface area is 312 Å². The molecule has 11 rings (SSSR count). The molecule has 0 radical (unpaired) electrons. The molecule has 0 spiro atoms. The van der Waals surface area contributed by atoms with Gasteiger partial charge in [-0.25, -0.2) is 0 Å². The van der Waals surface area contributed by atoms with Gasteiger partial charge in [0.2, 0.25) is 0 Å². The van der Waals surface area contributed by atoms with Crippen molar-refractivity contribution in [3.05, 3.63) is 200 Å². The van der Waals surface area contributed by atoms with Gasteiger partial charge >= 0.3 is 0 Å². The maximum absolute atomic E-state index is 6.66. The van der Waals surface area contributed by atoms with Crippen LogP contribution in [0.15, 0.2) is 205 Å². The van der Waals surface area contributed by atoms with E-state index in [1.54, 1.807) is 0 Å². The highest BCUT2D eigenvalue weighted by molar-refractivity contribution is 6.24. The predicted octanol–water partition coefficient (Wildman–Crippen LogP) is 14.5. The van der Waals surface area contributed by atoms with Crippen molar-refractivity contribution in [2.45, 2.75) is 0 Å². The van der Waals surface area contributed by atoms with Crippen molar-refractivity contribution in [3.63, 3.8) is 0 Å². The Kier molecular flexibility index (Phi) is 6.90. The molecule has 0 saturated carbocycles. The maximum atomic E-state index is 6.66. The highest BCUT2D eigenvalue weighted by atomic mass is 16.3. The summed E-state index contributed by atoms with van der Waals surface area (Å²) in [6.07, 6.45) is 0. The number of furan rings is 1. The zero-order valence-electron chi connectivity index (χ0n) is 29.4. The Morgan fingerprint density at radius 1 is 0.352 bits per heavy atom. The van der Waals surface area contributed by atoms with E-state index in [4.69, 9.17) is 4.42 Å². The van der Waals surface area contributed by atoms with Gasteiger partial charge in [-0.3, -0.25) is 0 Å². The molecule has 0 atom stereocenters. The maximum Gasteiger partial charge on any atom is 0.143 e. The summed E-state index contributed by atoms with van der Waals surface area (Å²) in [6, 6.07) is 72.2. The fourth-order valence-electron chi connectivity index (χ4n) is 8.47. The number of hydrogen-bond acceptors (Lipinski definition) is 1. The van der Waals surface area contributed by atoms with Crippen molar-refractivity contribution in [2.24, 2.45) is 0 Å². The van der Waals surface area contributed by atoms with Crippen molar-refractivity contribution in [1.82, 2.24) is 4.57 Å². The van der Waals surface area contributed by atoms with Crippen LogP contribution in [0, 0.1) is 0 Å². The second-order valence-electron chi connectivity index (χ2n) is 14.1. The van der Waals surface area contributed by atoms with Crippen LogP contribution in [0.4, 0.5) is 0 Å². The number of rotatable bonds is 5. The summed E-state index contributed by atoms with van der Waals surface area (Å²) in [5.41, 5.74) is 14.6. The summed E-state index contributed by atoms with van der Waals surface area (Å²) in [5, 5.41) is 7.19. The monoisotopic (exact) mass is 687 g/mol. The van der Waals surface area contributed by atoms with Crippen LogP contribution >= 0.6 is 0 Å².